The zero-order chi connectivity index (χ0) is 15.1. The summed E-state index contributed by atoms with van der Waals surface area (Å²) in [6, 6.07) is 2.98. The molecule has 0 spiro atoms. The van der Waals surface area contributed by atoms with Crippen molar-refractivity contribution in [3.05, 3.63) is 22.2 Å². The molecule has 0 radical (unpaired) electrons. The van der Waals surface area contributed by atoms with Crippen LogP contribution < -0.4 is 15.5 Å². The predicted molar refractivity (Wildman–Crippen MR) is 77.0 cm³/mol. The van der Waals surface area contributed by atoms with E-state index in [-0.39, 0.29) is 23.8 Å². The number of anilines is 2. The highest BCUT2D eigenvalue weighted by atomic mass is 16.6. The molecule has 0 bridgehead atoms. The number of hydrogen-bond acceptors (Lipinski definition) is 6. The lowest BCUT2D eigenvalue weighted by atomic mass is 10.3. The second kappa shape index (κ2) is 7.27. The predicted octanol–water partition coefficient (Wildman–Crippen LogP) is 0.994. The van der Waals surface area contributed by atoms with Gasteiger partial charge in [0.2, 0.25) is 11.7 Å². The molecule has 0 aliphatic rings. The first-order chi connectivity index (χ1) is 9.49. The zero-order valence-corrected chi connectivity index (χ0v) is 11.8. The molecule has 0 fully saturated rings. The lowest BCUT2D eigenvalue weighted by Crippen LogP contribution is -2.27. The quantitative estimate of drug-likeness (QED) is 0.571. The van der Waals surface area contributed by atoms with E-state index in [1.165, 1.54) is 6.07 Å². The molecule has 0 aliphatic heterocycles. The van der Waals surface area contributed by atoms with Crippen molar-refractivity contribution in [3.8, 4) is 0 Å². The molecule has 1 amide bonds. The van der Waals surface area contributed by atoms with Gasteiger partial charge in [0.15, 0.2) is 0 Å². The molecule has 0 saturated heterocycles. The van der Waals surface area contributed by atoms with Gasteiger partial charge in [-0.15, -0.1) is 0 Å². The van der Waals surface area contributed by atoms with E-state index in [9.17, 15) is 14.9 Å². The number of rotatable bonds is 7. The third kappa shape index (κ3) is 4.08. The van der Waals surface area contributed by atoms with Crippen molar-refractivity contribution in [2.75, 3.05) is 37.4 Å². The number of nitro groups is 1. The van der Waals surface area contributed by atoms with Crippen LogP contribution in [0.1, 0.15) is 13.3 Å². The van der Waals surface area contributed by atoms with Crippen LogP contribution in [0.5, 0.6) is 0 Å². The topological polar surface area (TPSA) is 100 Å². The molecular weight excluding hydrogens is 262 g/mol. The van der Waals surface area contributed by atoms with Crippen LogP contribution in [0.15, 0.2) is 12.1 Å². The Hall–Kier alpha value is -2.38. The fourth-order valence-electron chi connectivity index (χ4n) is 1.64. The van der Waals surface area contributed by atoms with E-state index < -0.39 is 4.92 Å². The molecule has 0 atom stereocenters. The van der Waals surface area contributed by atoms with Crippen molar-refractivity contribution < 1.29 is 9.72 Å². The Morgan fingerprint density at radius 1 is 1.50 bits per heavy atom. The Balaban J connectivity index is 2.96. The molecule has 1 rings (SSSR count). The molecule has 8 heteroatoms. The second-order valence-corrected chi connectivity index (χ2v) is 4.17. The van der Waals surface area contributed by atoms with E-state index >= 15 is 0 Å². The molecule has 0 unspecified atom stereocenters. The Labute approximate surface area is 117 Å². The summed E-state index contributed by atoms with van der Waals surface area (Å²) in [4.78, 5) is 27.6. The van der Waals surface area contributed by atoms with Crippen LogP contribution in [0.25, 0.3) is 0 Å². The summed E-state index contributed by atoms with van der Waals surface area (Å²) < 4.78 is 0. The van der Waals surface area contributed by atoms with Crippen molar-refractivity contribution in [3.63, 3.8) is 0 Å². The van der Waals surface area contributed by atoms with Crippen LogP contribution in [0.3, 0.4) is 0 Å². The summed E-state index contributed by atoms with van der Waals surface area (Å²) in [6.45, 7) is 2.94. The number of carbonyl (C=O) groups excluding carboxylic acids is 1. The molecule has 0 aliphatic carbocycles. The van der Waals surface area contributed by atoms with Crippen LogP contribution >= 0.6 is 0 Å². The van der Waals surface area contributed by atoms with E-state index in [4.69, 9.17) is 0 Å². The van der Waals surface area contributed by atoms with E-state index in [0.717, 1.165) is 0 Å². The molecule has 20 heavy (non-hydrogen) atoms. The minimum Gasteiger partial charge on any atom is -0.370 e. The molecule has 1 heterocycles. The van der Waals surface area contributed by atoms with Crippen LogP contribution in [0.4, 0.5) is 17.3 Å². The maximum absolute atomic E-state index is 11.2. The summed E-state index contributed by atoms with van der Waals surface area (Å²) in [6.07, 6.45) is 0.247. The summed E-state index contributed by atoms with van der Waals surface area (Å²) in [5.74, 6) is 0.694. The zero-order valence-electron chi connectivity index (χ0n) is 11.8. The Morgan fingerprint density at radius 3 is 2.75 bits per heavy atom. The fraction of sp³-hybridized carbons (Fsp3) is 0.500. The molecule has 0 aromatic carbocycles. The smallest absolute Gasteiger partial charge is 0.311 e. The third-order valence-corrected chi connectivity index (χ3v) is 2.72. The Bertz CT molecular complexity index is 492. The number of hydrogen-bond donors (Lipinski definition) is 2. The monoisotopic (exact) mass is 281 g/mol. The normalized spacial score (nSPS) is 9.95. The average Bonchev–Trinajstić information content (AvgIpc) is 2.44. The lowest BCUT2D eigenvalue weighted by molar-refractivity contribution is -0.384. The van der Waals surface area contributed by atoms with Gasteiger partial charge in [0.05, 0.1) is 4.92 Å². The number of nitrogens with zero attached hydrogens (tertiary/aromatic N) is 3. The van der Waals surface area contributed by atoms with E-state index in [1.807, 2.05) is 6.92 Å². The number of amides is 1. The standard InChI is InChI=1S/C12H19N5O3/c1-4-14-10-6-5-9(17(19)20)12(15-10)16(3)8-7-11(18)13-2/h5-6H,4,7-8H2,1-3H3,(H,13,18)(H,14,15). The van der Waals surface area contributed by atoms with Crippen LogP contribution in [0.2, 0.25) is 0 Å². The second-order valence-electron chi connectivity index (χ2n) is 4.17. The minimum absolute atomic E-state index is 0.0777. The van der Waals surface area contributed by atoms with Gasteiger partial charge in [0.1, 0.15) is 5.82 Å². The van der Waals surface area contributed by atoms with Crippen LogP contribution in [-0.4, -0.2) is 43.0 Å². The van der Waals surface area contributed by atoms with Gasteiger partial charge in [-0.05, 0) is 13.0 Å². The number of pyridine rings is 1. The van der Waals surface area contributed by atoms with Crippen LogP contribution in [0, 0.1) is 10.1 Å². The first-order valence-corrected chi connectivity index (χ1v) is 6.30. The Kier molecular flexibility index (Phi) is 5.70. The summed E-state index contributed by atoms with van der Waals surface area (Å²) >= 11 is 0. The minimum atomic E-state index is -0.478. The average molecular weight is 281 g/mol. The van der Waals surface area contributed by atoms with Crippen molar-refractivity contribution >= 4 is 23.2 Å². The highest BCUT2D eigenvalue weighted by Crippen LogP contribution is 2.26. The molecule has 110 valence electrons. The molecular formula is C12H19N5O3. The number of carbonyl (C=O) groups is 1. The van der Waals surface area contributed by atoms with Gasteiger partial charge in [-0.3, -0.25) is 14.9 Å². The summed E-state index contributed by atoms with van der Waals surface area (Å²) in [5.41, 5.74) is -0.0777. The maximum atomic E-state index is 11.2. The molecule has 2 N–H and O–H groups in total. The molecule has 1 aromatic rings. The van der Waals surface area contributed by atoms with Crippen molar-refractivity contribution in [2.45, 2.75) is 13.3 Å². The van der Waals surface area contributed by atoms with Gasteiger partial charge >= 0.3 is 5.69 Å². The maximum Gasteiger partial charge on any atom is 0.311 e. The van der Waals surface area contributed by atoms with Gasteiger partial charge in [-0.1, -0.05) is 0 Å². The van der Waals surface area contributed by atoms with E-state index in [1.54, 1.807) is 25.1 Å². The van der Waals surface area contributed by atoms with Gasteiger partial charge in [0, 0.05) is 39.7 Å². The lowest BCUT2D eigenvalue weighted by Gasteiger charge is -2.18. The van der Waals surface area contributed by atoms with Crippen molar-refractivity contribution in [2.24, 2.45) is 0 Å². The van der Waals surface area contributed by atoms with Gasteiger partial charge < -0.3 is 15.5 Å². The molecule has 8 nitrogen and oxygen atoms in total. The first-order valence-electron chi connectivity index (χ1n) is 6.30. The Morgan fingerprint density at radius 2 is 2.20 bits per heavy atom. The summed E-state index contributed by atoms with van der Waals surface area (Å²) in [7, 11) is 3.23. The first kappa shape index (κ1) is 15.7. The highest BCUT2D eigenvalue weighted by Gasteiger charge is 2.19. The van der Waals surface area contributed by atoms with Gasteiger partial charge in [-0.25, -0.2) is 4.98 Å². The fourth-order valence-corrected chi connectivity index (χ4v) is 1.64. The number of nitrogens with one attached hydrogen (secondary N) is 2. The highest BCUT2D eigenvalue weighted by molar-refractivity contribution is 5.76. The van der Waals surface area contributed by atoms with Crippen molar-refractivity contribution in [1.82, 2.24) is 10.3 Å². The van der Waals surface area contributed by atoms with Crippen LogP contribution in [-0.2, 0) is 4.79 Å². The van der Waals surface area contributed by atoms with E-state index in [2.05, 4.69) is 15.6 Å². The molecule has 1 aromatic heterocycles. The van der Waals surface area contributed by atoms with E-state index in [0.29, 0.717) is 18.9 Å². The number of aromatic nitrogens is 1. The third-order valence-electron chi connectivity index (χ3n) is 2.72. The van der Waals surface area contributed by atoms with Crippen molar-refractivity contribution in [1.29, 1.82) is 0 Å². The largest absolute Gasteiger partial charge is 0.370 e. The summed E-state index contributed by atoms with van der Waals surface area (Å²) in [5, 5.41) is 16.5. The SMILES string of the molecule is CCNc1ccc([N+](=O)[O-])c(N(C)CCC(=O)NC)n1. The van der Waals surface area contributed by atoms with Gasteiger partial charge in [-0.2, -0.15) is 0 Å². The molecule has 0 saturated carbocycles. The van der Waals surface area contributed by atoms with Gasteiger partial charge in [0.25, 0.3) is 0 Å².